The van der Waals surface area contributed by atoms with Crippen LogP contribution in [0.4, 0.5) is 10.1 Å². The number of anilines is 1. The Hall–Kier alpha value is -0.320. The number of hydrogen-bond acceptors (Lipinski definition) is 2. The van der Waals surface area contributed by atoms with E-state index in [0.29, 0.717) is 16.7 Å². The van der Waals surface area contributed by atoms with Gasteiger partial charge in [-0.3, -0.25) is 4.90 Å². The van der Waals surface area contributed by atoms with Gasteiger partial charge in [0.2, 0.25) is 0 Å². The molecule has 2 nitrogen and oxygen atoms in total. The summed E-state index contributed by atoms with van der Waals surface area (Å²) in [6, 6.07) is 2.89. The van der Waals surface area contributed by atoms with Gasteiger partial charge in [0.1, 0.15) is 5.82 Å². The molecule has 0 saturated heterocycles. The average Bonchev–Trinajstić information content (AvgIpc) is 2.21. The maximum Gasteiger partial charge on any atom is 0.124 e. The van der Waals surface area contributed by atoms with Crippen molar-refractivity contribution >= 4 is 34.0 Å². The van der Waals surface area contributed by atoms with Gasteiger partial charge in [0.15, 0.2) is 0 Å². The van der Waals surface area contributed by atoms with E-state index >= 15 is 0 Å². The summed E-state index contributed by atoms with van der Waals surface area (Å²) in [4.78, 5) is 2.19. The second-order valence-electron chi connectivity index (χ2n) is 3.42. The number of nitrogens with zero attached hydrogens (tertiary/aromatic N) is 1. The van der Waals surface area contributed by atoms with Gasteiger partial charge in [-0.25, -0.2) is 4.39 Å². The van der Waals surface area contributed by atoms with Crippen molar-refractivity contribution in [3.63, 3.8) is 0 Å². The largest absolute Gasteiger partial charge is 0.398 e. The number of benzene rings is 1. The van der Waals surface area contributed by atoms with E-state index in [2.05, 4.69) is 34.7 Å². The van der Waals surface area contributed by atoms with Crippen LogP contribution in [-0.2, 0) is 6.54 Å². The molecule has 0 heterocycles. The highest BCUT2D eigenvalue weighted by Gasteiger charge is 2.09. The lowest BCUT2D eigenvalue weighted by atomic mass is 10.1. The molecule has 1 rings (SSSR count). The molecule has 0 aromatic heterocycles. The van der Waals surface area contributed by atoms with Crippen LogP contribution in [0.25, 0.3) is 0 Å². The zero-order chi connectivity index (χ0) is 11.4. The van der Waals surface area contributed by atoms with Gasteiger partial charge in [-0.15, -0.1) is 12.4 Å². The van der Waals surface area contributed by atoms with Crippen LogP contribution < -0.4 is 5.73 Å². The summed E-state index contributed by atoms with van der Waals surface area (Å²) >= 11 is 3.25. The summed E-state index contributed by atoms with van der Waals surface area (Å²) in [6.07, 6.45) is 0. The molecule has 0 saturated carbocycles. The summed E-state index contributed by atoms with van der Waals surface area (Å²) < 4.78 is 13.8. The maximum atomic E-state index is 13.2. The highest BCUT2D eigenvalue weighted by atomic mass is 79.9. The molecule has 0 aliphatic heterocycles. The average molecular weight is 312 g/mol. The summed E-state index contributed by atoms with van der Waals surface area (Å²) in [5, 5.41) is 0. The topological polar surface area (TPSA) is 29.3 Å². The molecular weight excluding hydrogens is 294 g/mol. The Kier molecular flexibility index (Phi) is 6.95. The molecular formula is C11H17BrClFN2. The van der Waals surface area contributed by atoms with Crippen LogP contribution in [0.2, 0.25) is 0 Å². The van der Waals surface area contributed by atoms with E-state index in [-0.39, 0.29) is 18.2 Å². The van der Waals surface area contributed by atoms with Gasteiger partial charge in [0.25, 0.3) is 0 Å². The van der Waals surface area contributed by atoms with E-state index in [9.17, 15) is 4.39 Å². The molecule has 0 radical (unpaired) electrons. The Morgan fingerprint density at radius 2 is 1.88 bits per heavy atom. The third-order valence-electron chi connectivity index (χ3n) is 2.47. The first-order valence-electron chi connectivity index (χ1n) is 5.04. The molecule has 0 spiro atoms. The van der Waals surface area contributed by atoms with E-state index in [4.69, 9.17) is 5.73 Å². The predicted octanol–water partition coefficient (Wildman–Crippen LogP) is 3.43. The third kappa shape index (κ3) is 3.92. The van der Waals surface area contributed by atoms with Crippen molar-refractivity contribution in [2.75, 3.05) is 18.8 Å². The van der Waals surface area contributed by atoms with Crippen molar-refractivity contribution in [2.45, 2.75) is 20.4 Å². The fourth-order valence-corrected chi connectivity index (χ4v) is 1.93. The Bertz CT molecular complexity index is 343. The van der Waals surface area contributed by atoms with Crippen LogP contribution in [0.3, 0.4) is 0 Å². The predicted molar refractivity (Wildman–Crippen MR) is 72.4 cm³/mol. The van der Waals surface area contributed by atoms with Gasteiger partial charge in [-0.1, -0.05) is 13.8 Å². The summed E-state index contributed by atoms with van der Waals surface area (Å²) in [7, 11) is 0. The molecule has 0 fully saturated rings. The van der Waals surface area contributed by atoms with Gasteiger partial charge >= 0.3 is 0 Å². The molecule has 0 aliphatic rings. The number of rotatable bonds is 4. The monoisotopic (exact) mass is 310 g/mol. The SMILES string of the molecule is CCN(CC)Cc1cc(F)cc(Br)c1N.Cl. The molecule has 0 aliphatic carbocycles. The first-order valence-corrected chi connectivity index (χ1v) is 5.83. The van der Waals surface area contributed by atoms with Crippen LogP contribution in [-0.4, -0.2) is 18.0 Å². The van der Waals surface area contributed by atoms with Gasteiger partial charge in [-0.05, 0) is 46.7 Å². The second kappa shape index (κ2) is 7.09. The molecule has 0 amide bonds. The van der Waals surface area contributed by atoms with Crippen molar-refractivity contribution in [1.29, 1.82) is 0 Å². The Labute approximate surface area is 111 Å². The zero-order valence-corrected chi connectivity index (χ0v) is 11.9. The van der Waals surface area contributed by atoms with Crippen LogP contribution in [0.15, 0.2) is 16.6 Å². The lowest BCUT2D eigenvalue weighted by Crippen LogP contribution is -2.22. The highest BCUT2D eigenvalue weighted by Crippen LogP contribution is 2.25. The van der Waals surface area contributed by atoms with Crippen molar-refractivity contribution in [2.24, 2.45) is 0 Å². The summed E-state index contributed by atoms with van der Waals surface area (Å²) in [5.41, 5.74) is 7.34. The van der Waals surface area contributed by atoms with E-state index in [1.54, 1.807) is 0 Å². The Morgan fingerprint density at radius 1 is 1.31 bits per heavy atom. The number of nitrogen functional groups attached to an aromatic ring is 1. The first kappa shape index (κ1) is 15.7. The minimum Gasteiger partial charge on any atom is -0.398 e. The number of nitrogens with two attached hydrogens (primary N) is 1. The van der Waals surface area contributed by atoms with Gasteiger partial charge in [-0.2, -0.15) is 0 Å². The quantitative estimate of drug-likeness (QED) is 0.863. The molecule has 1 aromatic carbocycles. The fraction of sp³-hybridized carbons (Fsp3) is 0.455. The first-order chi connectivity index (χ1) is 7.08. The van der Waals surface area contributed by atoms with Crippen LogP contribution in [0, 0.1) is 5.82 Å². The highest BCUT2D eigenvalue weighted by molar-refractivity contribution is 9.10. The van der Waals surface area contributed by atoms with Crippen molar-refractivity contribution in [3.8, 4) is 0 Å². The molecule has 16 heavy (non-hydrogen) atoms. The summed E-state index contributed by atoms with van der Waals surface area (Å²) in [5.74, 6) is -0.252. The van der Waals surface area contributed by atoms with E-state index in [1.807, 2.05) is 0 Å². The standard InChI is InChI=1S/C11H16BrFN2.ClH/c1-3-15(4-2)7-8-5-9(13)6-10(12)11(8)14;/h5-6H,3-4,7,14H2,1-2H3;1H. The van der Waals surface area contributed by atoms with Crippen molar-refractivity contribution in [1.82, 2.24) is 4.90 Å². The molecule has 92 valence electrons. The van der Waals surface area contributed by atoms with Gasteiger partial charge in [0.05, 0.1) is 5.69 Å². The molecule has 0 atom stereocenters. The lowest BCUT2D eigenvalue weighted by molar-refractivity contribution is 0.296. The van der Waals surface area contributed by atoms with E-state index in [1.165, 1.54) is 12.1 Å². The van der Waals surface area contributed by atoms with Gasteiger partial charge in [0, 0.05) is 11.0 Å². The number of halogens is 3. The lowest BCUT2D eigenvalue weighted by Gasteiger charge is -2.19. The second-order valence-corrected chi connectivity index (χ2v) is 4.28. The third-order valence-corrected chi connectivity index (χ3v) is 3.12. The molecule has 5 heteroatoms. The molecule has 0 unspecified atom stereocenters. The molecule has 1 aromatic rings. The van der Waals surface area contributed by atoms with Gasteiger partial charge < -0.3 is 5.73 Å². The number of hydrogen-bond donors (Lipinski definition) is 1. The van der Waals surface area contributed by atoms with E-state index in [0.717, 1.165) is 18.7 Å². The molecule has 2 N–H and O–H groups in total. The van der Waals surface area contributed by atoms with Crippen molar-refractivity contribution in [3.05, 3.63) is 28.0 Å². The fourth-order valence-electron chi connectivity index (χ4n) is 1.46. The summed E-state index contributed by atoms with van der Waals surface area (Å²) in [6.45, 7) is 6.71. The van der Waals surface area contributed by atoms with E-state index < -0.39 is 0 Å². The smallest absolute Gasteiger partial charge is 0.124 e. The minimum absolute atomic E-state index is 0. The van der Waals surface area contributed by atoms with Crippen LogP contribution >= 0.6 is 28.3 Å². The van der Waals surface area contributed by atoms with Crippen LogP contribution in [0.1, 0.15) is 19.4 Å². The maximum absolute atomic E-state index is 13.2. The zero-order valence-electron chi connectivity index (χ0n) is 9.46. The Morgan fingerprint density at radius 3 is 2.38 bits per heavy atom. The Balaban J connectivity index is 0.00000225. The van der Waals surface area contributed by atoms with Crippen molar-refractivity contribution < 1.29 is 4.39 Å². The minimum atomic E-state index is -0.252. The normalized spacial score (nSPS) is 10.3. The van der Waals surface area contributed by atoms with Crippen LogP contribution in [0.5, 0.6) is 0 Å². The molecule has 0 bridgehead atoms.